The van der Waals surface area contributed by atoms with Crippen LogP contribution in [0.5, 0.6) is 0 Å². The predicted molar refractivity (Wildman–Crippen MR) is 106 cm³/mol. The van der Waals surface area contributed by atoms with E-state index in [9.17, 15) is 9.18 Å². The van der Waals surface area contributed by atoms with Gasteiger partial charge in [-0.3, -0.25) is 9.79 Å². The molecule has 2 saturated heterocycles. The third-order valence-electron chi connectivity index (χ3n) is 5.36. The maximum absolute atomic E-state index is 14.6. The molecule has 7 nitrogen and oxygen atoms in total. The van der Waals surface area contributed by atoms with Crippen molar-refractivity contribution in [3.05, 3.63) is 29.6 Å². The third-order valence-corrected chi connectivity index (χ3v) is 5.36. The average molecular weight is 392 g/mol. The number of aliphatic imine (C=N–C) groups is 1. The quantitative estimate of drug-likeness (QED) is 0.477. The van der Waals surface area contributed by atoms with Crippen molar-refractivity contribution in [3.8, 4) is 0 Å². The second-order valence-electron chi connectivity index (χ2n) is 7.07. The van der Waals surface area contributed by atoms with Crippen molar-refractivity contribution >= 4 is 17.6 Å². The molecule has 3 rings (SSSR count). The number of nitrogens with zero attached hydrogens (tertiary/aromatic N) is 3. The smallest absolute Gasteiger partial charge is 0.308 e. The molecule has 0 atom stereocenters. The van der Waals surface area contributed by atoms with E-state index in [4.69, 9.17) is 9.47 Å². The molecule has 1 aromatic carbocycles. The molecule has 28 heavy (non-hydrogen) atoms. The summed E-state index contributed by atoms with van der Waals surface area (Å²) in [7, 11) is 3.16. The highest BCUT2D eigenvalue weighted by molar-refractivity contribution is 5.80. The minimum atomic E-state index is -0.213. The molecule has 0 aromatic heterocycles. The van der Waals surface area contributed by atoms with Crippen LogP contribution in [0.2, 0.25) is 0 Å². The number of hydrogen-bond acceptors (Lipinski definition) is 5. The van der Waals surface area contributed by atoms with Crippen LogP contribution in [0.1, 0.15) is 18.4 Å². The molecule has 2 aliphatic rings. The van der Waals surface area contributed by atoms with E-state index in [0.717, 1.165) is 37.5 Å². The van der Waals surface area contributed by atoms with E-state index >= 15 is 0 Å². The molecule has 0 radical (unpaired) electrons. The lowest BCUT2D eigenvalue weighted by Gasteiger charge is -2.33. The monoisotopic (exact) mass is 392 g/mol. The number of ether oxygens (including phenoxy) is 2. The summed E-state index contributed by atoms with van der Waals surface area (Å²) in [6, 6.07) is 5.36. The lowest BCUT2D eigenvalue weighted by Crippen LogP contribution is -2.46. The topological polar surface area (TPSA) is 66.4 Å². The van der Waals surface area contributed by atoms with E-state index in [-0.39, 0.29) is 17.7 Å². The summed E-state index contributed by atoms with van der Waals surface area (Å²) >= 11 is 0. The number of benzene rings is 1. The largest absolute Gasteiger partial charge is 0.469 e. The highest BCUT2D eigenvalue weighted by atomic mass is 19.1. The maximum Gasteiger partial charge on any atom is 0.308 e. The number of morpholine rings is 1. The fraction of sp³-hybridized carbons (Fsp3) is 0.600. The zero-order valence-electron chi connectivity index (χ0n) is 16.6. The van der Waals surface area contributed by atoms with Crippen LogP contribution in [0.25, 0.3) is 0 Å². The molecule has 0 aliphatic carbocycles. The number of carbonyl (C=O) groups excluding carboxylic acids is 1. The molecule has 0 unspecified atom stereocenters. The lowest BCUT2D eigenvalue weighted by molar-refractivity contribution is -0.146. The third kappa shape index (κ3) is 4.92. The molecule has 154 valence electrons. The van der Waals surface area contributed by atoms with Crippen LogP contribution in [-0.2, 0) is 20.8 Å². The maximum atomic E-state index is 14.6. The number of piperidine rings is 1. The first-order valence-electron chi connectivity index (χ1n) is 9.77. The number of anilines is 1. The summed E-state index contributed by atoms with van der Waals surface area (Å²) < 4.78 is 24.7. The fourth-order valence-corrected chi connectivity index (χ4v) is 3.73. The van der Waals surface area contributed by atoms with Crippen molar-refractivity contribution in [2.75, 3.05) is 58.5 Å². The molecule has 1 N–H and O–H groups in total. The second kappa shape index (κ2) is 9.73. The van der Waals surface area contributed by atoms with Crippen molar-refractivity contribution in [1.82, 2.24) is 10.2 Å². The first kappa shape index (κ1) is 20.4. The normalized spacial score (nSPS) is 18.9. The molecule has 0 saturated carbocycles. The number of guanidine groups is 1. The van der Waals surface area contributed by atoms with Crippen LogP contribution in [0.15, 0.2) is 23.2 Å². The Hall–Kier alpha value is -2.35. The highest BCUT2D eigenvalue weighted by Crippen LogP contribution is 2.22. The van der Waals surface area contributed by atoms with Gasteiger partial charge in [-0.15, -0.1) is 0 Å². The van der Waals surface area contributed by atoms with E-state index in [0.29, 0.717) is 38.5 Å². The van der Waals surface area contributed by atoms with Gasteiger partial charge in [0.25, 0.3) is 0 Å². The molecular formula is C20H29FN4O3. The van der Waals surface area contributed by atoms with E-state index in [1.54, 1.807) is 13.1 Å². The van der Waals surface area contributed by atoms with Crippen molar-refractivity contribution < 1.29 is 18.7 Å². The summed E-state index contributed by atoms with van der Waals surface area (Å²) in [6.07, 6.45) is 1.49. The Morgan fingerprint density at radius 2 is 2.00 bits per heavy atom. The molecule has 2 fully saturated rings. The van der Waals surface area contributed by atoms with Gasteiger partial charge >= 0.3 is 5.97 Å². The highest BCUT2D eigenvalue weighted by Gasteiger charge is 2.27. The van der Waals surface area contributed by atoms with Gasteiger partial charge in [0.05, 0.1) is 31.9 Å². The summed E-state index contributed by atoms with van der Waals surface area (Å²) in [5.41, 5.74) is 1.49. The molecule has 0 amide bonds. The standard InChI is InChI=1S/C20H29FN4O3/c1-22-20(25-7-5-16(6-8-25)19(26)27-2)23-14-15-3-4-18(17(21)13-15)24-9-11-28-12-10-24/h3-4,13,16H,5-12,14H2,1-2H3,(H,22,23). The Morgan fingerprint density at radius 1 is 1.29 bits per heavy atom. The minimum Gasteiger partial charge on any atom is -0.469 e. The summed E-state index contributed by atoms with van der Waals surface area (Å²) in [6.45, 7) is 4.65. The van der Waals surface area contributed by atoms with Crippen LogP contribution in [-0.4, -0.2) is 70.4 Å². The summed E-state index contributed by atoms with van der Waals surface area (Å²) in [5.74, 6) is 0.371. The fourth-order valence-electron chi connectivity index (χ4n) is 3.73. The van der Waals surface area contributed by atoms with Crippen molar-refractivity contribution in [1.29, 1.82) is 0 Å². The van der Waals surface area contributed by atoms with Gasteiger partial charge in [0, 0.05) is 39.8 Å². The van der Waals surface area contributed by atoms with E-state index < -0.39 is 0 Å². The van der Waals surface area contributed by atoms with Gasteiger partial charge in [0.15, 0.2) is 5.96 Å². The first-order chi connectivity index (χ1) is 13.6. The van der Waals surface area contributed by atoms with Gasteiger partial charge in [-0.25, -0.2) is 4.39 Å². The molecule has 2 aliphatic heterocycles. The molecular weight excluding hydrogens is 363 g/mol. The van der Waals surface area contributed by atoms with Gasteiger partial charge in [-0.1, -0.05) is 6.07 Å². The van der Waals surface area contributed by atoms with Crippen LogP contribution < -0.4 is 10.2 Å². The number of halogens is 1. The van der Waals surface area contributed by atoms with Gasteiger partial charge in [0.1, 0.15) is 5.82 Å². The summed E-state index contributed by atoms with van der Waals surface area (Å²) in [4.78, 5) is 20.1. The zero-order chi connectivity index (χ0) is 19.9. The van der Waals surface area contributed by atoms with Crippen LogP contribution >= 0.6 is 0 Å². The Morgan fingerprint density at radius 3 is 2.61 bits per heavy atom. The Kier molecular flexibility index (Phi) is 7.08. The van der Waals surface area contributed by atoms with Gasteiger partial charge < -0.3 is 24.6 Å². The van der Waals surface area contributed by atoms with Gasteiger partial charge in [0.2, 0.25) is 0 Å². The van der Waals surface area contributed by atoms with E-state index in [2.05, 4.69) is 15.2 Å². The SMILES string of the molecule is CN=C(NCc1ccc(N2CCOCC2)c(F)c1)N1CCC(C(=O)OC)CC1. The molecule has 8 heteroatoms. The average Bonchev–Trinajstić information content (AvgIpc) is 2.75. The predicted octanol–water partition coefficient (Wildman–Crippen LogP) is 1.62. The lowest BCUT2D eigenvalue weighted by atomic mass is 9.97. The molecule has 0 spiro atoms. The molecule has 1 aromatic rings. The van der Waals surface area contributed by atoms with Crippen LogP contribution in [0.4, 0.5) is 10.1 Å². The van der Waals surface area contributed by atoms with E-state index in [1.807, 2.05) is 17.0 Å². The Bertz CT molecular complexity index is 699. The van der Waals surface area contributed by atoms with E-state index in [1.165, 1.54) is 7.11 Å². The summed E-state index contributed by atoms with van der Waals surface area (Å²) in [5, 5.41) is 3.30. The second-order valence-corrected chi connectivity index (χ2v) is 7.07. The number of likely N-dealkylation sites (tertiary alicyclic amines) is 1. The number of esters is 1. The zero-order valence-corrected chi connectivity index (χ0v) is 16.6. The Balaban J connectivity index is 1.54. The molecule has 2 heterocycles. The Labute approximate surface area is 165 Å². The molecule has 0 bridgehead atoms. The van der Waals surface area contributed by atoms with Crippen molar-refractivity contribution in [3.63, 3.8) is 0 Å². The number of nitrogens with one attached hydrogen (secondary N) is 1. The minimum absolute atomic E-state index is 0.0406. The van der Waals surface area contributed by atoms with Gasteiger partial charge in [-0.2, -0.15) is 0 Å². The van der Waals surface area contributed by atoms with Gasteiger partial charge in [-0.05, 0) is 30.5 Å². The van der Waals surface area contributed by atoms with Crippen LogP contribution in [0.3, 0.4) is 0 Å². The number of rotatable bonds is 4. The van der Waals surface area contributed by atoms with Crippen LogP contribution in [0, 0.1) is 11.7 Å². The number of methoxy groups -OCH3 is 1. The first-order valence-corrected chi connectivity index (χ1v) is 9.77. The number of carbonyl (C=O) groups is 1. The number of hydrogen-bond donors (Lipinski definition) is 1. The van der Waals surface area contributed by atoms with Crippen molar-refractivity contribution in [2.45, 2.75) is 19.4 Å². The van der Waals surface area contributed by atoms with Crippen molar-refractivity contribution in [2.24, 2.45) is 10.9 Å².